The Morgan fingerprint density at radius 2 is 1.40 bits per heavy atom. The van der Waals surface area contributed by atoms with Crippen LogP contribution in [0.2, 0.25) is 0 Å². The maximum Gasteiger partial charge on any atom is 0.312 e. The molecule has 2 aromatic carbocycles. The number of hydrogen-bond acceptors (Lipinski definition) is 6. The molecule has 0 heterocycles. The van der Waals surface area contributed by atoms with Crippen LogP contribution in [0.4, 0.5) is 0 Å². The molecule has 3 N–H and O–H groups in total. The molecule has 0 unspecified atom stereocenters. The fraction of sp³-hybridized carbons (Fsp3) is 0.562. The van der Waals surface area contributed by atoms with Gasteiger partial charge in [-0.05, 0) is 58.1 Å². The SMILES string of the molecule is CC(C)CN(C[C@@H](O)[C@H](Cc1ccccc1)NC(=O)[C@H](C)C(C)(C)C(=O)OCc1ccccc1)S(=O)(=O)NC(C)(C)C. The van der Waals surface area contributed by atoms with E-state index in [1.165, 1.54) is 4.31 Å². The van der Waals surface area contributed by atoms with Crippen LogP contribution in [0.15, 0.2) is 60.7 Å². The first-order chi connectivity index (χ1) is 19.4. The maximum atomic E-state index is 13.5. The average molecular weight is 604 g/mol. The molecule has 0 aliphatic heterocycles. The standard InChI is InChI=1S/C32H49N3O6S/c1-23(2)20-35(42(39,40)34-31(4,5)6)21-28(36)27(19-25-15-11-9-12-16-25)33-29(37)24(3)32(7,8)30(38)41-22-26-17-13-10-14-18-26/h9-18,23-24,27-28,34,36H,19-22H2,1-8H3,(H,33,37)/t24-,27-,28+/m0/s1. The molecule has 0 radical (unpaired) electrons. The molecule has 9 nitrogen and oxygen atoms in total. The Morgan fingerprint density at radius 1 is 0.881 bits per heavy atom. The van der Waals surface area contributed by atoms with Gasteiger partial charge in [0.1, 0.15) is 6.61 Å². The van der Waals surface area contributed by atoms with Crippen LogP contribution >= 0.6 is 0 Å². The predicted octanol–water partition coefficient (Wildman–Crippen LogP) is 4.07. The Labute approximate surface area is 252 Å². The van der Waals surface area contributed by atoms with Crippen molar-refractivity contribution in [2.24, 2.45) is 17.3 Å². The first kappa shape index (κ1) is 35.4. The minimum absolute atomic E-state index is 0.00127. The second kappa shape index (κ2) is 15.1. The van der Waals surface area contributed by atoms with Crippen molar-refractivity contribution in [2.45, 2.75) is 86.1 Å². The minimum atomic E-state index is -3.94. The van der Waals surface area contributed by atoms with Crippen molar-refractivity contribution in [3.8, 4) is 0 Å². The van der Waals surface area contributed by atoms with Crippen LogP contribution in [0.25, 0.3) is 0 Å². The van der Waals surface area contributed by atoms with Crippen molar-refractivity contribution < 1.29 is 27.9 Å². The Kier molecular flexibility index (Phi) is 12.7. The monoisotopic (exact) mass is 603 g/mol. The Bertz CT molecular complexity index is 1240. The lowest BCUT2D eigenvalue weighted by Crippen LogP contribution is -2.56. The van der Waals surface area contributed by atoms with E-state index in [-0.39, 0.29) is 32.0 Å². The van der Waals surface area contributed by atoms with Gasteiger partial charge in [0, 0.05) is 18.6 Å². The van der Waals surface area contributed by atoms with Crippen LogP contribution in [0.5, 0.6) is 0 Å². The van der Waals surface area contributed by atoms with Crippen molar-refractivity contribution in [3.63, 3.8) is 0 Å². The van der Waals surface area contributed by atoms with Crippen molar-refractivity contribution in [1.82, 2.24) is 14.3 Å². The van der Waals surface area contributed by atoms with Gasteiger partial charge in [0.2, 0.25) is 5.91 Å². The number of nitrogens with zero attached hydrogens (tertiary/aromatic N) is 1. The van der Waals surface area contributed by atoms with Gasteiger partial charge in [0.05, 0.1) is 23.5 Å². The second-order valence-corrected chi connectivity index (χ2v) is 14.6. The number of aliphatic hydroxyl groups excluding tert-OH is 1. The summed E-state index contributed by atoms with van der Waals surface area (Å²) in [6.07, 6.45) is -0.966. The molecule has 0 fully saturated rings. The van der Waals surface area contributed by atoms with E-state index in [9.17, 15) is 23.1 Å². The Hall–Kier alpha value is -2.79. The summed E-state index contributed by atoms with van der Waals surface area (Å²) in [5.41, 5.74) is -0.175. The van der Waals surface area contributed by atoms with Crippen LogP contribution in [-0.4, -0.2) is 60.5 Å². The highest BCUT2D eigenvalue weighted by Crippen LogP contribution is 2.29. The molecule has 0 aliphatic carbocycles. The lowest BCUT2D eigenvalue weighted by molar-refractivity contribution is -0.161. The van der Waals surface area contributed by atoms with E-state index < -0.39 is 51.1 Å². The summed E-state index contributed by atoms with van der Waals surface area (Å²) in [5.74, 6) is -1.76. The molecule has 3 atom stereocenters. The van der Waals surface area contributed by atoms with Crippen LogP contribution in [0.3, 0.4) is 0 Å². The molecule has 42 heavy (non-hydrogen) atoms. The summed E-state index contributed by atoms with van der Waals surface area (Å²) < 4.78 is 35.9. The number of aliphatic hydroxyl groups is 1. The molecule has 0 aromatic heterocycles. The van der Waals surface area contributed by atoms with E-state index >= 15 is 0 Å². The molecule has 0 saturated carbocycles. The number of ether oxygens (including phenoxy) is 1. The highest BCUT2D eigenvalue weighted by atomic mass is 32.2. The van der Waals surface area contributed by atoms with E-state index in [2.05, 4.69) is 10.0 Å². The zero-order valence-electron chi connectivity index (χ0n) is 26.3. The van der Waals surface area contributed by atoms with Crippen molar-refractivity contribution in [2.75, 3.05) is 13.1 Å². The molecule has 0 bridgehead atoms. The average Bonchev–Trinajstić information content (AvgIpc) is 2.89. The zero-order valence-corrected chi connectivity index (χ0v) is 27.1. The summed E-state index contributed by atoms with van der Waals surface area (Å²) in [7, 11) is -3.94. The van der Waals surface area contributed by atoms with Crippen molar-refractivity contribution in [1.29, 1.82) is 0 Å². The highest BCUT2D eigenvalue weighted by molar-refractivity contribution is 7.87. The number of nitrogens with one attached hydrogen (secondary N) is 2. The highest BCUT2D eigenvalue weighted by Gasteiger charge is 2.41. The van der Waals surface area contributed by atoms with Gasteiger partial charge in [-0.2, -0.15) is 17.4 Å². The third-order valence-corrected chi connectivity index (χ3v) is 8.89. The molecular formula is C32H49N3O6S. The fourth-order valence-corrected chi connectivity index (χ4v) is 6.08. The third-order valence-electron chi connectivity index (χ3n) is 7.04. The van der Waals surface area contributed by atoms with Gasteiger partial charge in [-0.25, -0.2) is 0 Å². The summed E-state index contributed by atoms with van der Waals surface area (Å²) in [6, 6.07) is 17.8. The number of benzene rings is 2. The van der Waals surface area contributed by atoms with Gasteiger partial charge in [0.25, 0.3) is 10.2 Å². The first-order valence-corrected chi connectivity index (χ1v) is 15.9. The summed E-state index contributed by atoms with van der Waals surface area (Å²) >= 11 is 0. The fourth-order valence-electron chi connectivity index (χ4n) is 4.34. The number of rotatable bonds is 15. The molecule has 0 spiro atoms. The summed E-state index contributed by atoms with van der Waals surface area (Å²) in [4.78, 5) is 26.6. The third kappa shape index (κ3) is 11.1. The van der Waals surface area contributed by atoms with E-state index in [4.69, 9.17) is 4.74 Å². The van der Waals surface area contributed by atoms with E-state index in [0.29, 0.717) is 0 Å². The first-order valence-electron chi connectivity index (χ1n) is 14.4. The predicted molar refractivity (Wildman–Crippen MR) is 165 cm³/mol. The lowest BCUT2D eigenvalue weighted by Gasteiger charge is -2.34. The number of carbonyl (C=O) groups is 2. The van der Waals surface area contributed by atoms with Crippen molar-refractivity contribution in [3.05, 3.63) is 71.8 Å². The normalized spacial score (nSPS) is 14.8. The number of carbonyl (C=O) groups excluding carboxylic acids is 2. The molecule has 1 amide bonds. The quantitative estimate of drug-likeness (QED) is 0.264. The zero-order chi connectivity index (χ0) is 31.7. The summed E-state index contributed by atoms with van der Waals surface area (Å²) in [5, 5.41) is 14.3. The minimum Gasteiger partial charge on any atom is -0.460 e. The molecule has 2 rings (SSSR count). The topological polar surface area (TPSA) is 125 Å². The molecule has 234 valence electrons. The summed E-state index contributed by atoms with van der Waals surface area (Å²) in [6.45, 7) is 14.1. The van der Waals surface area contributed by atoms with Crippen LogP contribution in [0.1, 0.15) is 66.5 Å². The van der Waals surface area contributed by atoms with E-state index in [0.717, 1.165) is 11.1 Å². The Morgan fingerprint density at radius 3 is 1.90 bits per heavy atom. The smallest absolute Gasteiger partial charge is 0.312 e. The lowest BCUT2D eigenvalue weighted by atomic mass is 9.79. The van der Waals surface area contributed by atoms with Gasteiger partial charge in [-0.15, -0.1) is 0 Å². The van der Waals surface area contributed by atoms with Gasteiger partial charge in [0.15, 0.2) is 0 Å². The molecular weight excluding hydrogens is 554 g/mol. The maximum absolute atomic E-state index is 13.5. The molecule has 2 aromatic rings. The number of hydrogen-bond donors (Lipinski definition) is 3. The van der Waals surface area contributed by atoms with Crippen molar-refractivity contribution >= 4 is 22.1 Å². The number of amides is 1. The van der Waals surface area contributed by atoms with Gasteiger partial charge in [-0.1, -0.05) is 81.4 Å². The van der Waals surface area contributed by atoms with E-state index in [1.54, 1.807) is 41.5 Å². The molecule has 10 heteroatoms. The second-order valence-electron chi connectivity index (χ2n) is 12.9. The van der Waals surface area contributed by atoms with Gasteiger partial charge >= 0.3 is 5.97 Å². The number of esters is 1. The van der Waals surface area contributed by atoms with Crippen LogP contribution < -0.4 is 10.0 Å². The molecule has 0 saturated heterocycles. The van der Waals surface area contributed by atoms with E-state index in [1.807, 2.05) is 74.5 Å². The van der Waals surface area contributed by atoms with Gasteiger partial charge < -0.3 is 15.2 Å². The van der Waals surface area contributed by atoms with Crippen LogP contribution in [-0.2, 0) is 37.6 Å². The van der Waals surface area contributed by atoms with Gasteiger partial charge in [-0.3, -0.25) is 9.59 Å². The van der Waals surface area contributed by atoms with Crippen LogP contribution in [0, 0.1) is 17.3 Å². The Balaban J connectivity index is 2.25. The largest absolute Gasteiger partial charge is 0.460 e. The molecule has 0 aliphatic rings.